The number of carboxylic acids is 1. The summed E-state index contributed by atoms with van der Waals surface area (Å²) in [4.78, 5) is 35.4. The summed E-state index contributed by atoms with van der Waals surface area (Å²) >= 11 is 0. The summed E-state index contributed by atoms with van der Waals surface area (Å²) < 4.78 is 5.54. The standard InChI is InChI=1S/C22H30O5/c1-13(23)27-12-22-10-7-15(24)11-14(22)3-4-16-17-5-6-19(20(25)26)21(17,2)9-8-18(16)22/h11,16-19H,3-10,12H2,1-2H3,(H,25,26)/t16-,17-,18-,19+,21+,22-/m1/s1. The Kier molecular flexibility index (Phi) is 4.47. The maximum absolute atomic E-state index is 12.1. The molecular formula is C22H30O5. The molecular weight excluding hydrogens is 344 g/mol. The van der Waals surface area contributed by atoms with Crippen LogP contribution in [0.5, 0.6) is 0 Å². The van der Waals surface area contributed by atoms with Gasteiger partial charge < -0.3 is 9.84 Å². The van der Waals surface area contributed by atoms with Crippen molar-refractivity contribution in [2.24, 2.45) is 34.5 Å². The first-order valence-electron chi connectivity index (χ1n) is 10.4. The molecule has 4 rings (SSSR count). The fourth-order valence-electron chi connectivity index (χ4n) is 7.27. The highest BCUT2D eigenvalue weighted by Crippen LogP contribution is 2.66. The minimum atomic E-state index is -0.646. The van der Waals surface area contributed by atoms with Crippen LogP contribution in [0.2, 0.25) is 0 Å². The quantitative estimate of drug-likeness (QED) is 0.761. The number of ketones is 1. The van der Waals surface area contributed by atoms with Crippen LogP contribution in [0, 0.1) is 34.5 Å². The van der Waals surface area contributed by atoms with E-state index >= 15 is 0 Å². The van der Waals surface area contributed by atoms with Crippen LogP contribution < -0.4 is 0 Å². The fraction of sp³-hybridized carbons (Fsp3) is 0.773. The van der Waals surface area contributed by atoms with Crippen molar-refractivity contribution < 1.29 is 24.2 Å². The average molecular weight is 374 g/mol. The lowest BCUT2D eigenvalue weighted by atomic mass is 9.46. The summed E-state index contributed by atoms with van der Waals surface area (Å²) in [6.45, 7) is 4.00. The Balaban J connectivity index is 1.68. The molecule has 3 fully saturated rings. The molecule has 0 bridgehead atoms. The van der Waals surface area contributed by atoms with Gasteiger partial charge in [-0.05, 0) is 74.2 Å². The van der Waals surface area contributed by atoms with E-state index in [9.17, 15) is 19.5 Å². The van der Waals surface area contributed by atoms with Crippen LogP contribution in [-0.2, 0) is 19.1 Å². The van der Waals surface area contributed by atoms with Gasteiger partial charge in [-0.2, -0.15) is 0 Å². The van der Waals surface area contributed by atoms with Crippen LogP contribution >= 0.6 is 0 Å². The minimum absolute atomic E-state index is 0.124. The van der Waals surface area contributed by atoms with Gasteiger partial charge in [0, 0.05) is 18.8 Å². The van der Waals surface area contributed by atoms with Crippen LogP contribution in [0.4, 0.5) is 0 Å². The van der Waals surface area contributed by atoms with Crippen molar-refractivity contribution in [3.05, 3.63) is 11.6 Å². The number of rotatable bonds is 3. The average Bonchev–Trinajstić information content (AvgIpc) is 2.97. The Morgan fingerprint density at radius 2 is 1.93 bits per heavy atom. The summed E-state index contributed by atoms with van der Waals surface area (Å²) in [5.41, 5.74) is 0.838. The maximum Gasteiger partial charge on any atom is 0.307 e. The molecule has 0 unspecified atom stereocenters. The van der Waals surface area contributed by atoms with E-state index in [1.165, 1.54) is 12.5 Å². The highest BCUT2D eigenvalue weighted by Gasteiger charge is 2.61. The zero-order valence-corrected chi connectivity index (χ0v) is 16.3. The van der Waals surface area contributed by atoms with E-state index in [1.54, 1.807) is 0 Å². The lowest BCUT2D eigenvalue weighted by molar-refractivity contribution is -0.155. The van der Waals surface area contributed by atoms with E-state index in [-0.39, 0.29) is 28.5 Å². The number of carbonyl (C=O) groups excluding carboxylic acids is 2. The first-order valence-corrected chi connectivity index (χ1v) is 10.4. The van der Waals surface area contributed by atoms with Crippen molar-refractivity contribution in [2.45, 2.75) is 65.2 Å². The van der Waals surface area contributed by atoms with Gasteiger partial charge in [0.1, 0.15) is 6.61 Å². The molecule has 0 aromatic heterocycles. The second kappa shape index (κ2) is 6.46. The molecule has 0 aromatic rings. The number of aliphatic carboxylic acids is 1. The summed E-state index contributed by atoms with van der Waals surface area (Å²) in [6, 6.07) is 0. The van der Waals surface area contributed by atoms with Crippen molar-refractivity contribution in [1.29, 1.82) is 0 Å². The van der Waals surface area contributed by atoms with Crippen LogP contribution in [0.1, 0.15) is 65.2 Å². The second-order valence-electron chi connectivity index (χ2n) is 9.50. The Bertz CT molecular complexity index is 709. The van der Waals surface area contributed by atoms with Crippen LogP contribution in [-0.4, -0.2) is 29.4 Å². The number of fused-ring (bicyclic) bond motifs is 5. The van der Waals surface area contributed by atoms with Crippen molar-refractivity contribution in [1.82, 2.24) is 0 Å². The summed E-state index contributed by atoms with van der Waals surface area (Å²) in [7, 11) is 0. The fourth-order valence-corrected chi connectivity index (χ4v) is 7.27. The van der Waals surface area contributed by atoms with Gasteiger partial charge in [0.05, 0.1) is 5.92 Å². The van der Waals surface area contributed by atoms with Gasteiger partial charge in [0.2, 0.25) is 0 Å². The SMILES string of the molecule is CC(=O)OC[C@]12CCC(=O)C=C1CC[C@H]1[C@H]2CC[C@@]2(C)[C@@H]1CC[C@H]2C(=O)O. The van der Waals surface area contributed by atoms with Crippen LogP contribution in [0.15, 0.2) is 11.6 Å². The second-order valence-corrected chi connectivity index (χ2v) is 9.50. The summed E-state index contributed by atoms with van der Waals surface area (Å²) in [6.07, 6.45) is 8.65. The van der Waals surface area contributed by atoms with Gasteiger partial charge >= 0.3 is 11.9 Å². The third kappa shape index (κ3) is 2.76. The maximum atomic E-state index is 12.1. The number of ether oxygens (including phenoxy) is 1. The van der Waals surface area contributed by atoms with Crippen molar-refractivity contribution in [3.8, 4) is 0 Å². The molecule has 0 aromatic carbocycles. The predicted octanol–water partition coefficient (Wildman–Crippen LogP) is 3.76. The lowest BCUT2D eigenvalue weighted by Crippen LogP contribution is -2.53. The monoisotopic (exact) mass is 374 g/mol. The molecule has 27 heavy (non-hydrogen) atoms. The molecule has 5 nitrogen and oxygen atoms in total. The van der Waals surface area contributed by atoms with E-state index in [1.807, 2.05) is 6.08 Å². The predicted molar refractivity (Wildman–Crippen MR) is 98.8 cm³/mol. The van der Waals surface area contributed by atoms with Crippen molar-refractivity contribution in [2.75, 3.05) is 6.61 Å². The topological polar surface area (TPSA) is 80.7 Å². The third-order valence-electron chi connectivity index (χ3n) is 8.52. The highest BCUT2D eigenvalue weighted by molar-refractivity contribution is 5.91. The van der Waals surface area contributed by atoms with E-state index in [0.29, 0.717) is 30.8 Å². The Labute approximate surface area is 160 Å². The van der Waals surface area contributed by atoms with Crippen LogP contribution in [0.3, 0.4) is 0 Å². The molecule has 0 spiro atoms. The molecule has 0 saturated heterocycles. The zero-order valence-electron chi connectivity index (χ0n) is 16.3. The molecule has 1 N–H and O–H groups in total. The number of carbonyl (C=O) groups is 3. The first-order chi connectivity index (χ1) is 12.8. The Morgan fingerprint density at radius 1 is 1.15 bits per heavy atom. The highest BCUT2D eigenvalue weighted by atomic mass is 16.5. The largest absolute Gasteiger partial charge is 0.481 e. The molecule has 0 radical (unpaired) electrons. The lowest BCUT2D eigenvalue weighted by Gasteiger charge is -2.58. The molecule has 148 valence electrons. The van der Waals surface area contributed by atoms with Crippen molar-refractivity contribution in [3.63, 3.8) is 0 Å². The van der Waals surface area contributed by atoms with Gasteiger partial charge in [-0.25, -0.2) is 0 Å². The minimum Gasteiger partial charge on any atom is -0.481 e. The normalized spacial score (nSPS) is 43.2. The van der Waals surface area contributed by atoms with E-state index in [2.05, 4.69) is 6.92 Å². The smallest absolute Gasteiger partial charge is 0.307 e. The van der Waals surface area contributed by atoms with Crippen molar-refractivity contribution >= 4 is 17.7 Å². The summed E-state index contributed by atoms with van der Waals surface area (Å²) in [5, 5.41) is 9.72. The molecule has 4 aliphatic rings. The van der Waals surface area contributed by atoms with Gasteiger partial charge in [-0.3, -0.25) is 14.4 Å². The summed E-state index contributed by atoms with van der Waals surface area (Å²) in [5.74, 6) is 0.311. The van der Waals surface area contributed by atoms with Gasteiger partial charge in [0.25, 0.3) is 0 Å². The zero-order chi connectivity index (χ0) is 19.4. The van der Waals surface area contributed by atoms with E-state index in [4.69, 9.17) is 4.74 Å². The Hall–Kier alpha value is -1.65. The number of hydrogen-bond acceptors (Lipinski definition) is 4. The molecule has 0 amide bonds. The number of esters is 1. The number of carboxylic acid groups (broad SMARTS) is 1. The molecule has 4 aliphatic carbocycles. The third-order valence-corrected chi connectivity index (χ3v) is 8.52. The Morgan fingerprint density at radius 3 is 2.63 bits per heavy atom. The molecule has 5 heteroatoms. The molecule has 3 saturated carbocycles. The van der Waals surface area contributed by atoms with Crippen LogP contribution in [0.25, 0.3) is 0 Å². The van der Waals surface area contributed by atoms with Gasteiger partial charge in [-0.1, -0.05) is 12.5 Å². The van der Waals surface area contributed by atoms with E-state index in [0.717, 1.165) is 44.9 Å². The molecule has 6 atom stereocenters. The molecule has 0 heterocycles. The number of hydrogen-bond donors (Lipinski definition) is 1. The van der Waals surface area contributed by atoms with Gasteiger partial charge in [0.15, 0.2) is 5.78 Å². The first kappa shape index (κ1) is 18.7. The van der Waals surface area contributed by atoms with Gasteiger partial charge in [-0.15, -0.1) is 0 Å². The van der Waals surface area contributed by atoms with E-state index < -0.39 is 5.97 Å². The molecule has 0 aliphatic heterocycles.